The maximum atomic E-state index is 4.96. The number of pyridine rings is 1. The van der Waals surface area contributed by atoms with E-state index in [0.717, 1.165) is 17.7 Å². The van der Waals surface area contributed by atoms with E-state index in [0.29, 0.717) is 0 Å². The van der Waals surface area contributed by atoms with Gasteiger partial charge in [-0.3, -0.25) is 4.98 Å². The van der Waals surface area contributed by atoms with Crippen molar-refractivity contribution in [1.29, 1.82) is 0 Å². The molecule has 0 atom stereocenters. The third kappa shape index (κ3) is 2.48. The summed E-state index contributed by atoms with van der Waals surface area (Å²) >= 11 is 4.96. The summed E-state index contributed by atoms with van der Waals surface area (Å²) in [7, 11) is 0. The second kappa shape index (κ2) is 4.80. The molecule has 0 radical (unpaired) electrons. The Morgan fingerprint density at radius 3 is 2.60 bits per heavy atom. The van der Waals surface area contributed by atoms with Crippen molar-refractivity contribution in [3.63, 3.8) is 0 Å². The fraction of sp³-hybridized carbons (Fsp3) is 0.0769. The Bertz CT molecular complexity index is 451. The lowest BCUT2D eigenvalue weighted by atomic mass is 10.1. The van der Waals surface area contributed by atoms with Crippen LogP contribution in [0.4, 0.5) is 0 Å². The molecule has 0 aliphatic heterocycles. The first-order chi connectivity index (χ1) is 7.40. The van der Waals surface area contributed by atoms with Crippen molar-refractivity contribution in [3.8, 4) is 0 Å². The van der Waals surface area contributed by atoms with Crippen LogP contribution in [0.5, 0.6) is 0 Å². The molecule has 74 valence electrons. The SMILES string of the molecule is S=Cc1cccnc1Cc1ccccc1. The summed E-state index contributed by atoms with van der Waals surface area (Å²) in [6.45, 7) is 0. The average Bonchev–Trinajstić information content (AvgIpc) is 2.31. The maximum absolute atomic E-state index is 4.96. The predicted octanol–water partition coefficient (Wildman–Crippen LogP) is 3.02. The second-order valence-electron chi connectivity index (χ2n) is 3.32. The molecule has 1 heterocycles. The van der Waals surface area contributed by atoms with Gasteiger partial charge in [0.1, 0.15) is 0 Å². The standard InChI is InChI=1S/C13H11NS/c15-10-12-7-4-8-14-13(12)9-11-5-2-1-3-6-11/h1-8,10H,9H2. The van der Waals surface area contributed by atoms with Crippen LogP contribution in [0.2, 0.25) is 0 Å². The van der Waals surface area contributed by atoms with Gasteiger partial charge >= 0.3 is 0 Å². The van der Waals surface area contributed by atoms with Crippen molar-refractivity contribution < 1.29 is 0 Å². The molecule has 1 aromatic heterocycles. The fourth-order valence-corrected chi connectivity index (χ4v) is 1.71. The van der Waals surface area contributed by atoms with Crippen LogP contribution in [0.1, 0.15) is 16.8 Å². The first-order valence-electron chi connectivity index (χ1n) is 4.83. The minimum atomic E-state index is 0.837. The van der Waals surface area contributed by atoms with Crippen molar-refractivity contribution >= 4 is 17.6 Å². The largest absolute Gasteiger partial charge is 0.260 e. The fourth-order valence-electron chi connectivity index (χ4n) is 1.49. The molecule has 2 aromatic rings. The van der Waals surface area contributed by atoms with Crippen molar-refractivity contribution in [2.75, 3.05) is 0 Å². The van der Waals surface area contributed by atoms with Crippen molar-refractivity contribution in [1.82, 2.24) is 4.98 Å². The highest BCUT2D eigenvalue weighted by atomic mass is 32.1. The Labute approximate surface area is 94.8 Å². The van der Waals surface area contributed by atoms with Gasteiger partial charge in [-0.25, -0.2) is 0 Å². The van der Waals surface area contributed by atoms with E-state index in [-0.39, 0.29) is 0 Å². The third-order valence-electron chi connectivity index (χ3n) is 2.27. The molecule has 0 aliphatic rings. The molecule has 2 heteroatoms. The van der Waals surface area contributed by atoms with Gasteiger partial charge in [-0.05, 0) is 11.6 Å². The van der Waals surface area contributed by atoms with Crippen LogP contribution < -0.4 is 0 Å². The first-order valence-corrected chi connectivity index (χ1v) is 5.30. The molecule has 1 nitrogen and oxygen atoms in total. The molecule has 0 aliphatic carbocycles. The predicted molar refractivity (Wildman–Crippen MR) is 66.2 cm³/mol. The van der Waals surface area contributed by atoms with Gasteiger partial charge in [0.2, 0.25) is 0 Å². The minimum absolute atomic E-state index is 0.837. The zero-order valence-corrected chi connectivity index (χ0v) is 9.08. The van der Waals surface area contributed by atoms with Gasteiger partial charge in [0.05, 0.1) is 5.69 Å². The number of hydrogen-bond donors (Lipinski definition) is 0. The summed E-state index contributed by atoms with van der Waals surface area (Å²) in [5.41, 5.74) is 3.34. The number of nitrogens with zero attached hydrogens (tertiary/aromatic N) is 1. The average molecular weight is 213 g/mol. The number of rotatable bonds is 3. The van der Waals surface area contributed by atoms with E-state index in [1.54, 1.807) is 11.6 Å². The van der Waals surface area contributed by atoms with Gasteiger partial charge in [0.25, 0.3) is 0 Å². The number of thiocarbonyl (C=S) groups is 1. The van der Waals surface area contributed by atoms with Crippen molar-refractivity contribution in [2.24, 2.45) is 0 Å². The van der Waals surface area contributed by atoms with Crippen LogP contribution >= 0.6 is 12.2 Å². The normalized spacial score (nSPS) is 9.87. The van der Waals surface area contributed by atoms with Gasteiger partial charge in [-0.1, -0.05) is 48.6 Å². The molecule has 0 saturated carbocycles. The molecular formula is C13H11NS. The van der Waals surface area contributed by atoms with Crippen LogP contribution in [0, 0.1) is 0 Å². The Balaban J connectivity index is 2.28. The van der Waals surface area contributed by atoms with Crippen LogP contribution in [0.15, 0.2) is 48.7 Å². The van der Waals surface area contributed by atoms with E-state index >= 15 is 0 Å². The lowest BCUT2D eigenvalue weighted by molar-refractivity contribution is 1.07. The van der Waals surface area contributed by atoms with Crippen molar-refractivity contribution in [2.45, 2.75) is 6.42 Å². The minimum Gasteiger partial charge on any atom is -0.260 e. The van der Waals surface area contributed by atoms with E-state index < -0.39 is 0 Å². The van der Waals surface area contributed by atoms with Gasteiger partial charge in [-0.15, -0.1) is 0 Å². The summed E-state index contributed by atoms with van der Waals surface area (Å²) in [4.78, 5) is 4.35. The van der Waals surface area contributed by atoms with E-state index in [1.165, 1.54) is 5.56 Å². The zero-order valence-electron chi connectivity index (χ0n) is 8.26. The molecule has 0 bridgehead atoms. The monoisotopic (exact) mass is 213 g/mol. The van der Waals surface area contributed by atoms with Gasteiger partial charge in [-0.2, -0.15) is 0 Å². The quantitative estimate of drug-likeness (QED) is 0.727. The van der Waals surface area contributed by atoms with E-state index in [9.17, 15) is 0 Å². The van der Waals surface area contributed by atoms with Gasteiger partial charge < -0.3 is 0 Å². The summed E-state index contributed by atoms with van der Waals surface area (Å²) in [5, 5.41) is 1.69. The summed E-state index contributed by atoms with van der Waals surface area (Å²) in [6.07, 6.45) is 2.64. The Kier molecular flexibility index (Phi) is 3.20. The molecule has 2 rings (SSSR count). The van der Waals surface area contributed by atoms with Crippen molar-refractivity contribution in [3.05, 3.63) is 65.5 Å². The number of aromatic nitrogens is 1. The van der Waals surface area contributed by atoms with Gasteiger partial charge in [0.15, 0.2) is 0 Å². The molecule has 1 aromatic carbocycles. The second-order valence-corrected chi connectivity index (χ2v) is 3.56. The zero-order chi connectivity index (χ0) is 10.5. The van der Waals surface area contributed by atoms with Crippen LogP contribution in [-0.4, -0.2) is 10.4 Å². The Morgan fingerprint density at radius 1 is 1.07 bits per heavy atom. The molecular weight excluding hydrogens is 202 g/mol. The lowest BCUT2D eigenvalue weighted by Gasteiger charge is -2.03. The van der Waals surface area contributed by atoms with E-state index in [1.807, 2.05) is 30.3 Å². The molecule has 0 fully saturated rings. The van der Waals surface area contributed by atoms with E-state index in [4.69, 9.17) is 12.2 Å². The van der Waals surface area contributed by atoms with Crippen LogP contribution in [-0.2, 0) is 6.42 Å². The first kappa shape index (κ1) is 9.99. The highest BCUT2D eigenvalue weighted by Gasteiger charge is 2.01. The molecule has 15 heavy (non-hydrogen) atoms. The third-order valence-corrected chi connectivity index (χ3v) is 2.52. The topological polar surface area (TPSA) is 12.9 Å². The lowest BCUT2D eigenvalue weighted by Crippen LogP contribution is -1.96. The molecule has 0 spiro atoms. The Morgan fingerprint density at radius 2 is 1.87 bits per heavy atom. The number of hydrogen-bond acceptors (Lipinski definition) is 2. The molecule has 0 N–H and O–H groups in total. The highest BCUT2D eigenvalue weighted by molar-refractivity contribution is 7.79. The smallest absolute Gasteiger partial charge is 0.0527 e. The van der Waals surface area contributed by atoms with E-state index in [2.05, 4.69) is 17.1 Å². The van der Waals surface area contributed by atoms with Gasteiger partial charge in [0, 0.05) is 23.5 Å². The van der Waals surface area contributed by atoms with Crippen LogP contribution in [0.3, 0.4) is 0 Å². The summed E-state index contributed by atoms with van der Waals surface area (Å²) in [6, 6.07) is 14.2. The summed E-state index contributed by atoms with van der Waals surface area (Å²) < 4.78 is 0. The number of benzene rings is 1. The van der Waals surface area contributed by atoms with Crippen LogP contribution in [0.25, 0.3) is 0 Å². The molecule has 0 amide bonds. The Hall–Kier alpha value is -1.54. The molecule has 0 unspecified atom stereocenters. The summed E-state index contributed by atoms with van der Waals surface area (Å²) in [5.74, 6) is 0. The maximum Gasteiger partial charge on any atom is 0.0527 e. The highest BCUT2D eigenvalue weighted by Crippen LogP contribution is 2.10. The molecule has 0 saturated heterocycles.